The van der Waals surface area contributed by atoms with Gasteiger partial charge >= 0.3 is 0 Å². The molecule has 3 atom stereocenters. The van der Waals surface area contributed by atoms with Gasteiger partial charge in [-0.2, -0.15) is 0 Å². The number of aliphatic hydroxyl groups excluding tert-OH is 1. The summed E-state index contributed by atoms with van der Waals surface area (Å²) in [6.07, 6.45) is 7.23. The van der Waals surface area contributed by atoms with E-state index in [1.165, 1.54) is 19.3 Å². The molecule has 1 N–H and O–H groups in total. The highest BCUT2D eigenvalue weighted by atomic mass is 16.3. The summed E-state index contributed by atoms with van der Waals surface area (Å²) in [7, 11) is 0. The van der Waals surface area contributed by atoms with Crippen molar-refractivity contribution in [2.45, 2.75) is 38.8 Å². The topological polar surface area (TPSA) is 38.0 Å². The molecule has 0 aliphatic heterocycles. The average Bonchev–Trinajstić information content (AvgIpc) is 2.72. The summed E-state index contributed by atoms with van der Waals surface area (Å²) in [6, 6.07) is 0. The summed E-state index contributed by atoms with van der Waals surface area (Å²) in [5.41, 5.74) is 0. The Balaban J connectivity index is 1.75. The number of nitrogens with zero attached hydrogens (tertiary/aromatic N) is 2. The van der Waals surface area contributed by atoms with E-state index >= 15 is 0 Å². The van der Waals surface area contributed by atoms with E-state index in [1.807, 2.05) is 6.20 Å². The Labute approximate surface area is 90.1 Å². The summed E-state index contributed by atoms with van der Waals surface area (Å²) in [5.74, 6) is 3.18. The van der Waals surface area contributed by atoms with Crippen molar-refractivity contribution >= 4 is 0 Å². The van der Waals surface area contributed by atoms with Crippen LogP contribution in [0.3, 0.4) is 0 Å². The number of hydrogen-bond donors (Lipinski definition) is 1. The van der Waals surface area contributed by atoms with Crippen molar-refractivity contribution in [2.75, 3.05) is 0 Å². The molecular weight excluding hydrogens is 188 g/mol. The van der Waals surface area contributed by atoms with Crippen LogP contribution in [0.2, 0.25) is 0 Å². The molecular formula is C12H18N2O. The minimum Gasteiger partial charge on any atom is -0.385 e. The third kappa shape index (κ3) is 1.49. The largest absolute Gasteiger partial charge is 0.385 e. The number of rotatable bonds is 3. The molecule has 15 heavy (non-hydrogen) atoms. The van der Waals surface area contributed by atoms with Crippen molar-refractivity contribution in [2.24, 2.45) is 17.8 Å². The van der Waals surface area contributed by atoms with Crippen LogP contribution in [-0.2, 0) is 6.54 Å². The van der Waals surface area contributed by atoms with E-state index in [9.17, 15) is 5.11 Å². The fourth-order valence-electron chi connectivity index (χ4n) is 3.08. The monoisotopic (exact) mass is 206 g/mol. The molecule has 2 fully saturated rings. The first-order valence-corrected chi connectivity index (χ1v) is 5.98. The predicted octanol–water partition coefficient (Wildman–Crippen LogP) is 1.98. The van der Waals surface area contributed by atoms with E-state index in [4.69, 9.17) is 0 Å². The van der Waals surface area contributed by atoms with Crippen LogP contribution in [0.4, 0.5) is 0 Å². The van der Waals surface area contributed by atoms with E-state index in [0.29, 0.717) is 5.92 Å². The van der Waals surface area contributed by atoms with E-state index in [2.05, 4.69) is 16.5 Å². The molecule has 0 spiro atoms. The molecule has 3 unspecified atom stereocenters. The minimum atomic E-state index is -0.340. The lowest BCUT2D eigenvalue weighted by atomic mass is 9.96. The van der Waals surface area contributed by atoms with Crippen LogP contribution in [-0.4, -0.2) is 14.7 Å². The molecule has 0 bridgehead atoms. The molecule has 0 aromatic carbocycles. The maximum absolute atomic E-state index is 10.3. The van der Waals surface area contributed by atoms with Gasteiger partial charge in [0.05, 0.1) is 0 Å². The fraction of sp³-hybridized carbons (Fsp3) is 0.750. The quantitative estimate of drug-likeness (QED) is 0.821. The Morgan fingerprint density at radius 1 is 1.47 bits per heavy atom. The van der Waals surface area contributed by atoms with Crippen LogP contribution in [0.5, 0.6) is 0 Å². The molecule has 3 nitrogen and oxygen atoms in total. The van der Waals surface area contributed by atoms with Gasteiger partial charge in [-0.25, -0.2) is 4.98 Å². The zero-order valence-electron chi connectivity index (χ0n) is 9.13. The minimum absolute atomic E-state index is 0.340. The van der Waals surface area contributed by atoms with Gasteiger partial charge in [-0.05, 0) is 43.9 Å². The lowest BCUT2D eigenvalue weighted by Crippen LogP contribution is -2.16. The van der Waals surface area contributed by atoms with Crippen LogP contribution in [0, 0.1) is 17.8 Å². The average molecular weight is 206 g/mol. The SMILES string of the molecule is CCn1ccnc1C(O)C1CC2CC2C1. The van der Waals surface area contributed by atoms with Crippen LogP contribution in [0.25, 0.3) is 0 Å². The summed E-state index contributed by atoms with van der Waals surface area (Å²) < 4.78 is 2.05. The van der Waals surface area contributed by atoms with Gasteiger partial charge in [0.1, 0.15) is 11.9 Å². The smallest absolute Gasteiger partial charge is 0.137 e. The summed E-state index contributed by atoms with van der Waals surface area (Å²) in [6.45, 7) is 2.98. The van der Waals surface area contributed by atoms with Crippen molar-refractivity contribution in [3.8, 4) is 0 Å². The van der Waals surface area contributed by atoms with Gasteiger partial charge in [0, 0.05) is 18.9 Å². The van der Waals surface area contributed by atoms with Gasteiger partial charge < -0.3 is 9.67 Å². The lowest BCUT2D eigenvalue weighted by Gasteiger charge is -2.19. The van der Waals surface area contributed by atoms with E-state index in [1.54, 1.807) is 6.20 Å². The summed E-state index contributed by atoms with van der Waals surface area (Å²) in [4.78, 5) is 4.28. The standard InChI is InChI=1S/C12H18N2O/c1-2-14-4-3-13-12(14)11(15)10-6-8-5-9(8)7-10/h3-4,8-11,15H,2,5-7H2,1H3. The third-order valence-electron chi connectivity index (χ3n) is 4.08. The van der Waals surface area contributed by atoms with Crippen LogP contribution >= 0.6 is 0 Å². The first-order valence-electron chi connectivity index (χ1n) is 5.98. The Morgan fingerprint density at radius 3 is 2.87 bits per heavy atom. The number of imidazole rings is 1. The van der Waals surface area contributed by atoms with Crippen LogP contribution in [0.1, 0.15) is 38.1 Å². The van der Waals surface area contributed by atoms with Gasteiger partial charge in [-0.3, -0.25) is 0 Å². The molecule has 1 heterocycles. The number of aromatic nitrogens is 2. The molecule has 0 radical (unpaired) electrons. The maximum Gasteiger partial charge on any atom is 0.137 e. The van der Waals surface area contributed by atoms with Crippen molar-refractivity contribution < 1.29 is 5.11 Å². The van der Waals surface area contributed by atoms with Gasteiger partial charge in [0.2, 0.25) is 0 Å². The number of fused-ring (bicyclic) bond motifs is 1. The van der Waals surface area contributed by atoms with E-state index in [0.717, 1.165) is 24.2 Å². The zero-order valence-corrected chi connectivity index (χ0v) is 9.13. The zero-order chi connectivity index (χ0) is 10.4. The molecule has 2 aliphatic carbocycles. The molecule has 2 saturated carbocycles. The Bertz CT molecular complexity index is 350. The van der Waals surface area contributed by atoms with Crippen LogP contribution in [0.15, 0.2) is 12.4 Å². The molecule has 3 heteroatoms. The highest BCUT2D eigenvalue weighted by molar-refractivity contribution is 5.04. The van der Waals surface area contributed by atoms with Gasteiger partial charge in [0.25, 0.3) is 0 Å². The Kier molecular flexibility index (Phi) is 2.09. The normalized spacial score (nSPS) is 35.2. The second-order valence-corrected chi connectivity index (χ2v) is 5.00. The Hall–Kier alpha value is -0.830. The highest BCUT2D eigenvalue weighted by Gasteiger charge is 2.48. The number of aryl methyl sites for hydroxylation is 1. The van der Waals surface area contributed by atoms with Crippen molar-refractivity contribution in [3.05, 3.63) is 18.2 Å². The molecule has 82 valence electrons. The van der Waals surface area contributed by atoms with Gasteiger partial charge in [-0.1, -0.05) is 0 Å². The predicted molar refractivity (Wildman–Crippen MR) is 57.2 cm³/mol. The first kappa shape index (κ1) is 9.40. The van der Waals surface area contributed by atoms with E-state index < -0.39 is 0 Å². The summed E-state index contributed by atoms with van der Waals surface area (Å²) in [5, 5.41) is 10.3. The molecule has 0 saturated heterocycles. The van der Waals surface area contributed by atoms with Gasteiger partial charge in [-0.15, -0.1) is 0 Å². The highest BCUT2D eigenvalue weighted by Crippen LogP contribution is 2.56. The lowest BCUT2D eigenvalue weighted by molar-refractivity contribution is 0.0924. The van der Waals surface area contributed by atoms with Crippen molar-refractivity contribution in [1.29, 1.82) is 0 Å². The molecule has 3 rings (SSSR count). The Morgan fingerprint density at radius 2 is 2.20 bits per heavy atom. The van der Waals surface area contributed by atoms with Crippen molar-refractivity contribution in [3.63, 3.8) is 0 Å². The third-order valence-corrected chi connectivity index (χ3v) is 4.08. The molecule has 1 aromatic heterocycles. The molecule has 2 aliphatic rings. The summed E-state index contributed by atoms with van der Waals surface area (Å²) >= 11 is 0. The fourth-order valence-corrected chi connectivity index (χ4v) is 3.08. The molecule has 1 aromatic rings. The second kappa shape index (κ2) is 3.34. The van der Waals surface area contributed by atoms with Gasteiger partial charge in [0.15, 0.2) is 0 Å². The number of hydrogen-bond acceptors (Lipinski definition) is 2. The maximum atomic E-state index is 10.3. The number of aliphatic hydroxyl groups is 1. The van der Waals surface area contributed by atoms with Crippen LogP contribution < -0.4 is 0 Å². The first-order chi connectivity index (χ1) is 7.29. The second-order valence-electron chi connectivity index (χ2n) is 5.00. The molecule has 0 amide bonds. The van der Waals surface area contributed by atoms with Crippen molar-refractivity contribution in [1.82, 2.24) is 9.55 Å². The van der Waals surface area contributed by atoms with E-state index in [-0.39, 0.29) is 6.10 Å².